The molecule has 15 heavy (non-hydrogen) atoms. The summed E-state index contributed by atoms with van der Waals surface area (Å²) in [5, 5.41) is 5.87. The number of terminal acetylenes is 1. The monoisotopic (exact) mass is 210 g/mol. The Labute approximate surface area is 90.8 Å². The van der Waals surface area contributed by atoms with Crippen LogP contribution in [0.4, 0.5) is 0 Å². The summed E-state index contributed by atoms with van der Waals surface area (Å²) in [6, 6.07) is 0. The van der Waals surface area contributed by atoms with Gasteiger partial charge in [-0.25, -0.2) is 0 Å². The molecule has 1 aliphatic rings. The van der Waals surface area contributed by atoms with E-state index >= 15 is 0 Å². The van der Waals surface area contributed by atoms with Crippen LogP contribution in [0.25, 0.3) is 0 Å². The summed E-state index contributed by atoms with van der Waals surface area (Å²) in [6.07, 6.45) is 6.80. The van der Waals surface area contributed by atoms with Crippen LogP contribution in [0.2, 0.25) is 0 Å². The summed E-state index contributed by atoms with van der Waals surface area (Å²) in [6.45, 7) is 4.19. The van der Waals surface area contributed by atoms with Gasteiger partial charge in [0.15, 0.2) is 0 Å². The number of nitrogens with one attached hydrogen (secondary N) is 2. The Morgan fingerprint density at radius 2 is 2.20 bits per heavy atom. The zero-order chi connectivity index (χ0) is 11.1. The SMILES string of the molecule is C#CCNCC(=O)NC1(C)CCOCC1. The molecular weight excluding hydrogens is 192 g/mol. The van der Waals surface area contributed by atoms with E-state index in [-0.39, 0.29) is 18.0 Å². The first-order valence-electron chi connectivity index (χ1n) is 5.19. The molecule has 1 fully saturated rings. The second kappa shape index (κ2) is 5.74. The number of rotatable bonds is 4. The van der Waals surface area contributed by atoms with E-state index in [0.717, 1.165) is 12.8 Å². The molecule has 84 valence electrons. The summed E-state index contributed by atoms with van der Waals surface area (Å²) < 4.78 is 5.25. The maximum Gasteiger partial charge on any atom is 0.234 e. The van der Waals surface area contributed by atoms with Gasteiger partial charge in [0.2, 0.25) is 5.91 Å². The van der Waals surface area contributed by atoms with Gasteiger partial charge in [0, 0.05) is 18.8 Å². The van der Waals surface area contributed by atoms with Gasteiger partial charge >= 0.3 is 0 Å². The van der Waals surface area contributed by atoms with Gasteiger partial charge in [0.25, 0.3) is 0 Å². The molecule has 1 amide bonds. The summed E-state index contributed by atoms with van der Waals surface area (Å²) in [5.74, 6) is 2.42. The van der Waals surface area contributed by atoms with Crippen molar-refractivity contribution in [3.63, 3.8) is 0 Å². The Hall–Kier alpha value is -1.05. The van der Waals surface area contributed by atoms with Gasteiger partial charge in [-0.1, -0.05) is 5.92 Å². The van der Waals surface area contributed by atoms with E-state index in [4.69, 9.17) is 11.2 Å². The Balaban J connectivity index is 2.26. The largest absolute Gasteiger partial charge is 0.381 e. The maximum absolute atomic E-state index is 11.5. The lowest BCUT2D eigenvalue weighted by molar-refractivity contribution is -0.123. The normalized spacial score (nSPS) is 19.2. The third-order valence-corrected chi connectivity index (χ3v) is 2.55. The first-order chi connectivity index (χ1) is 7.16. The van der Waals surface area contributed by atoms with Crippen molar-refractivity contribution in [3.8, 4) is 12.3 Å². The van der Waals surface area contributed by atoms with E-state index in [1.54, 1.807) is 0 Å². The van der Waals surface area contributed by atoms with Crippen molar-refractivity contribution >= 4 is 5.91 Å². The molecule has 0 bridgehead atoms. The molecule has 0 saturated carbocycles. The number of carbonyl (C=O) groups excluding carboxylic acids is 1. The topological polar surface area (TPSA) is 50.4 Å². The quantitative estimate of drug-likeness (QED) is 0.503. The van der Waals surface area contributed by atoms with Crippen LogP contribution in [0.5, 0.6) is 0 Å². The van der Waals surface area contributed by atoms with Crippen molar-refractivity contribution in [2.24, 2.45) is 0 Å². The molecule has 0 unspecified atom stereocenters. The molecule has 0 aromatic carbocycles. The molecule has 4 heteroatoms. The van der Waals surface area contributed by atoms with Crippen molar-refractivity contribution in [3.05, 3.63) is 0 Å². The van der Waals surface area contributed by atoms with Gasteiger partial charge in [-0.15, -0.1) is 6.42 Å². The number of ether oxygens (including phenoxy) is 1. The smallest absolute Gasteiger partial charge is 0.234 e. The molecule has 0 aromatic rings. The highest BCUT2D eigenvalue weighted by molar-refractivity contribution is 5.78. The lowest BCUT2D eigenvalue weighted by Gasteiger charge is -2.34. The van der Waals surface area contributed by atoms with Crippen LogP contribution in [0.15, 0.2) is 0 Å². The molecule has 1 saturated heterocycles. The van der Waals surface area contributed by atoms with E-state index in [2.05, 4.69) is 23.5 Å². The van der Waals surface area contributed by atoms with Crippen molar-refractivity contribution in [1.82, 2.24) is 10.6 Å². The summed E-state index contributed by atoms with van der Waals surface area (Å²) in [7, 11) is 0. The van der Waals surface area contributed by atoms with Crippen molar-refractivity contribution in [1.29, 1.82) is 0 Å². The fourth-order valence-electron chi connectivity index (χ4n) is 1.58. The molecule has 1 heterocycles. The predicted molar refractivity (Wildman–Crippen MR) is 58.3 cm³/mol. The van der Waals surface area contributed by atoms with E-state index in [0.29, 0.717) is 19.8 Å². The van der Waals surface area contributed by atoms with Crippen LogP contribution in [0.3, 0.4) is 0 Å². The van der Waals surface area contributed by atoms with E-state index < -0.39 is 0 Å². The Morgan fingerprint density at radius 1 is 1.53 bits per heavy atom. The van der Waals surface area contributed by atoms with Crippen LogP contribution in [-0.2, 0) is 9.53 Å². The number of hydrogen-bond acceptors (Lipinski definition) is 3. The number of amides is 1. The highest BCUT2D eigenvalue weighted by Gasteiger charge is 2.28. The summed E-state index contributed by atoms with van der Waals surface area (Å²) >= 11 is 0. The van der Waals surface area contributed by atoms with Gasteiger partial charge in [-0.2, -0.15) is 0 Å². The van der Waals surface area contributed by atoms with Crippen molar-refractivity contribution in [2.45, 2.75) is 25.3 Å². The maximum atomic E-state index is 11.5. The van der Waals surface area contributed by atoms with E-state index in [1.807, 2.05) is 0 Å². The minimum Gasteiger partial charge on any atom is -0.381 e. The highest BCUT2D eigenvalue weighted by atomic mass is 16.5. The molecule has 2 N–H and O–H groups in total. The van der Waals surface area contributed by atoms with E-state index in [9.17, 15) is 4.79 Å². The molecule has 4 nitrogen and oxygen atoms in total. The van der Waals surface area contributed by atoms with Gasteiger partial charge in [-0.3, -0.25) is 10.1 Å². The molecule has 1 aliphatic heterocycles. The Morgan fingerprint density at radius 3 is 2.80 bits per heavy atom. The first-order valence-corrected chi connectivity index (χ1v) is 5.19. The molecule has 0 radical (unpaired) electrons. The average molecular weight is 210 g/mol. The van der Waals surface area contributed by atoms with Gasteiger partial charge < -0.3 is 10.1 Å². The van der Waals surface area contributed by atoms with Gasteiger partial charge in [0.05, 0.1) is 13.1 Å². The summed E-state index contributed by atoms with van der Waals surface area (Å²) in [4.78, 5) is 11.5. The fraction of sp³-hybridized carbons (Fsp3) is 0.727. The summed E-state index contributed by atoms with van der Waals surface area (Å²) in [5.41, 5.74) is -0.118. The highest BCUT2D eigenvalue weighted by Crippen LogP contribution is 2.19. The third-order valence-electron chi connectivity index (χ3n) is 2.55. The van der Waals surface area contributed by atoms with E-state index in [1.165, 1.54) is 0 Å². The molecule has 0 aromatic heterocycles. The average Bonchev–Trinajstić information content (AvgIpc) is 2.18. The first kappa shape index (κ1) is 12.0. The second-order valence-corrected chi connectivity index (χ2v) is 4.03. The zero-order valence-electron chi connectivity index (χ0n) is 9.14. The minimum absolute atomic E-state index is 0.00495. The minimum atomic E-state index is -0.118. The van der Waals surface area contributed by atoms with Crippen molar-refractivity contribution < 1.29 is 9.53 Å². The fourth-order valence-corrected chi connectivity index (χ4v) is 1.58. The lowest BCUT2D eigenvalue weighted by Crippen LogP contribution is -2.51. The van der Waals surface area contributed by atoms with Crippen LogP contribution in [0.1, 0.15) is 19.8 Å². The van der Waals surface area contributed by atoms with Gasteiger partial charge in [-0.05, 0) is 19.8 Å². The van der Waals surface area contributed by atoms with Crippen LogP contribution >= 0.6 is 0 Å². The molecule has 0 spiro atoms. The number of carbonyl (C=O) groups is 1. The Bertz CT molecular complexity index is 252. The molecular formula is C11H18N2O2. The van der Waals surface area contributed by atoms with Crippen LogP contribution in [0, 0.1) is 12.3 Å². The van der Waals surface area contributed by atoms with Crippen molar-refractivity contribution in [2.75, 3.05) is 26.3 Å². The lowest BCUT2D eigenvalue weighted by atomic mass is 9.92. The molecule has 0 atom stereocenters. The third kappa shape index (κ3) is 4.32. The van der Waals surface area contributed by atoms with Gasteiger partial charge in [0.1, 0.15) is 0 Å². The zero-order valence-corrected chi connectivity index (χ0v) is 9.14. The van der Waals surface area contributed by atoms with Crippen LogP contribution in [-0.4, -0.2) is 37.7 Å². The molecule has 1 rings (SSSR count). The predicted octanol–water partition coefficient (Wildman–Crippen LogP) is -0.106. The molecule has 0 aliphatic carbocycles. The standard InChI is InChI=1S/C11H18N2O2/c1-3-6-12-9-10(14)13-11(2)4-7-15-8-5-11/h1,12H,4-9H2,2H3,(H,13,14). The second-order valence-electron chi connectivity index (χ2n) is 4.03. The number of hydrogen-bond donors (Lipinski definition) is 2. The Kier molecular flexibility index (Phi) is 4.60. The van der Waals surface area contributed by atoms with Crippen LogP contribution < -0.4 is 10.6 Å².